The molecule has 0 atom stereocenters. The molecule has 17 heavy (non-hydrogen) atoms. The Hall–Kier alpha value is -1.80. The predicted octanol–water partition coefficient (Wildman–Crippen LogP) is 1.17. The van der Waals surface area contributed by atoms with Crippen molar-refractivity contribution >= 4 is 15.8 Å². The molecule has 1 rings (SSSR count). The minimum atomic E-state index is -3.40. The maximum absolute atomic E-state index is 11.5. The number of sulfone groups is 1. The Morgan fingerprint density at radius 2 is 2.00 bits per heavy atom. The van der Waals surface area contributed by atoms with Crippen LogP contribution in [0.1, 0.15) is 21.5 Å². The number of hydrogen-bond donors (Lipinski definition) is 0. The first-order chi connectivity index (χ1) is 7.81. The smallest absolute Gasteiger partial charge is 0.339 e. The van der Waals surface area contributed by atoms with Gasteiger partial charge >= 0.3 is 5.97 Å². The van der Waals surface area contributed by atoms with Gasteiger partial charge in [0.05, 0.1) is 17.6 Å². The Kier molecular flexibility index (Phi) is 3.59. The molecule has 0 aliphatic heterocycles. The summed E-state index contributed by atoms with van der Waals surface area (Å²) in [6, 6.07) is 2.74. The number of carbonyl (C=O) groups excluding carboxylic acids is 1. The highest BCUT2D eigenvalue weighted by Crippen LogP contribution is 2.21. The molecule has 0 bridgehead atoms. The molecule has 90 valence electrons. The molecule has 0 radical (unpaired) electrons. The molecule has 0 heterocycles. The highest BCUT2D eigenvalue weighted by molar-refractivity contribution is 7.90. The lowest BCUT2D eigenvalue weighted by atomic mass is 10.1. The first-order valence-corrected chi connectivity index (χ1v) is 6.60. The van der Waals surface area contributed by atoms with Gasteiger partial charge in [0.1, 0.15) is 0 Å². The van der Waals surface area contributed by atoms with Crippen molar-refractivity contribution in [3.05, 3.63) is 28.8 Å². The van der Waals surface area contributed by atoms with Gasteiger partial charge in [-0.1, -0.05) is 5.92 Å². The Morgan fingerprint density at radius 1 is 1.41 bits per heavy atom. The van der Waals surface area contributed by atoms with Crippen molar-refractivity contribution < 1.29 is 17.9 Å². The van der Waals surface area contributed by atoms with Crippen molar-refractivity contribution in [3.8, 4) is 12.3 Å². The maximum Gasteiger partial charge on any atom is 0.339 e. The van der Waals surface area contributed by atoms with Crippen LogP contribution >= 0.6 is 0 Å². The van der Waals surface area contributed by atoms with Crippen LogP contribution in [0.15, 0.2) is 17.0 Å². The molecule has 0 saturated carbocycles. The quantitative estimate of drug-likeness (QED) is 0.585. The second-order valence-corrected chi connectivity index (χ2v) is 5.56. The van der Waals surface area contributed by atoms with Crippen LogP contribution in [-0.4, -0.2) is 27.8 Å². The van der Waals surface area contributed by atoms with Gasteiger partial charge < -0.3 is 4.74 Å². The number of carbonyl (C=O) groups is 1. The summed E-state index contributed by atoms with van der Waals surface area (Å²) >= 11 is 0. The lowest BCUT2D eigenvalue weighted by Crippen LogP contribution is -2.08. The average molecular weight is 252 g/mol. The monoisotopic (exact) mass is 252 g/mol. The highest BCUT2D eigenvalue weighted by atomic mass is 32.2. The van der Waals surface area contributed by atoms with Gasteiger partial charge in [-0.2, -0.15) is 0 Å². The molecular formula is C12H12O4S. The molecule has 0 aromatic heterocycles. The lowest BCUT2D eigenvalue weighted by Gasteiger charge is -2.08. The molecule has 0 spiro atoms. The van der Waals surface area contributed by atoms with Crippen molar-refractivity contribution in [1.82, 2.24) is 0 Å². The third-order valence-corrected chi connectivity index (χ3v) is 3.51. The molecule has 5 heteroatoms. The van der Waals surface area contributed by atoms with Gasteiger partial charge in [-0.25, -0.2) is 13.2 Å². The van der Waals surface area contributed by atoms with Crippen LogP contribution in [0.5, 0.6) is 0 Å². The molecular weight excluding hydrogens is 240 g/mol. The average Bonchev–Trinajstić information content (AvgIpc) is 2.25. The summed E-state index contributed by atoms with van der Waals surface area (Å²) < 4.78 is 27.6. The number of terminal acetylenes is 1. The van der Waals surface area contributed by atoms with Crippen LogP contribution in [0, 0.1) is 19.3 Å². The summed E-state index contributed by atoms with van der Waals surface area (Å²) in [5.41, 5.74) is 0.913. The largest absolute Gasteiger partial charge is 0.465 e. The first kappa shape index (κ1) is 13.3. The molecule has 0 aliphatic carbocycles. The molecule has 1 aromatic rings. The lowest BCUT2D eigenvalue weighted by molar-refractivity contribution is 0.0600. The standard InChI is InChI=1S/C12H12O4S/c1-5-9-6-8(2)11(17(4,14)15)7-10(9)12(13)16-3/h1,6-7H,2-4H3. The summed E-state index contributed by atoms with van der Waals surface area (Å²) in [5, 5.41) is 0. The summed E-state index contributed by atoms with van der Waals surface area (Å²) in [6.45, 7) is 1.62. The van der Waals surface area contributed by atoms with Crippen molar-refractivity contribution in [3.63, 3.8) is 0 Å². The number of benzene rings is 1. The second kappa shape index (κ2) is 4.60. The first-order valence-electron chi connectivity index (χ1n) is 4.71. The van der Waals surface area contributed by atoms with Crippen LogP contribution in [0.4, 0.5) is 0 Å². The summed E-state index contributed by atoms with van der Waals surface area (Å²) in [4.78, 5) is 11.6. The van der Waals surface area contributed by atoms with Gasteiger partial charge in [0.2, 0.25) is 0 Å². The zero-order chi connectivity index (χ0) is 13.2. The zero-order valence-corrected chi connectivity index (χ0v) is 10.6. The number of rotatable bonds is 2. The topological polar surface area (TPSA) is 60.4 Å². The Morgan fingerprint density at radius 3 is 2.41 bits per heavy atom. The summed E-state index contributed by atoms with van der Waals surface area (Å²) in [5.74, 6) is 1.68. The van der Waals surface area contributed by atoms with Crippen LogP contribution < -0.4 is 0 Å². The molecule has 0 saturated heterocycles. The minimum absolute atomic E-state index is 0.0805. The fourth-order valence-corrected chi connectivity index (χ4v) is 2.46. The van der Waals surface area contributed by atoms with E-state index < -0.39 is 15.8 Å². The predicted molar refractivity (Wildman–Crippen MR) is 63.6 cm³/mol. The number of hydrogen-bond acceptors (Lipinski definition) is 4. The van der Waals surface area contributed by atoms with Crippen molar-refractivity contribution in [1.29, 1.82) is 0 Å². The number of aryl methyl sites for hydroxylation is 1. The maximum atomic E-state index is 11.5. The molecule has 0 N–H and O–H groups in total. The fraction of sp³-hybridized carbons (Fsp3) is 0.250. The van der Waals surface area contributed by atoms with E-state index in [2.05, 4.69) is 10.7 Å². The van der Waals surface area contributed by atoms with Crippen LogP contribution in [0.3, 0.4) is 0 Å². The molecule has 1 aromatic carbocycles. The normalized spacial score (nSPS) is 10.7. The Bertz CT molecular complexity index is 606. The highest BCUT2D eigenvalue weighted by Gasteiger charge is 2.18. The van der Waals surface area contributed by atoms with Crippen molar-refractivity contribution in [2.75, 3.05) is 13.4 Å². The Balaban J connectivity index is 3.62. The number of esters is 1. The number of methoxy groups -OCH3 is 1. The van der Waals surface area contributed by atoms with E-state index in [9.17, 15) is 13.2 Å². The van der Waals surface area contributed by atoms with Gasteiger partial charge in [-0.05, 0) is 24.6 Å². The van der Waals surface area contributed by atoms with E-state index in [0.717, 1.165) is 6.26 Å². The minimum Gasteiger partial charge on any atom is -0.465 e. The third-order valence-electron chi connectivity index (χ3n) is 2.28. The van der Waals surface area contributed by atoms with E-state index in [1.165, 1.54) is 19.2 Å². The second-order valence-electron chi connectivity index (χ2n) is 3.57. The van der Waals surface area contributed by atoms with Gasteiger partial charge in [0.25, 0.3) is 0 Å². The molecule has 0 unspecified atom stereocenters. The summed E-state index contributed by atoms with van der Waals surface area (Å²) in [7, 11) is -2.19. The van der Waals surface area contributed by atoms with Gasteiger partial charge in [0.15, 0.2) is 9.84 Å². The van der Waals surface area contributed by atoms with Gasteiger partial charge in [-0.3, -0.25) is 0 Å². The SMILES string of the molecule is C#Cc1cc(C)c(S(C)(=O)=O)cc1C(=O)OC. The molecule has 4 nitrogen and oxygen atoms in total. The Labute approximate surface area is 101 Å². The van der Waals surface area contributed by atoms with E-state index in [-0.39, 0.29) is 10.5 Å². The zero-order valence-electron chi connectivity index (χ0n) is 9.77. The summed E-state index contributed by atoms with van der Waals surface area (Å²) in [6.07, 6.45) is 6.34. The van der Waals surface area contributed by atoms with E-state index in [4.69, 9.17) is 6.42 Å². The fourth-order valence-electron chi connectivity index (χ4n) is 1.49. The van der Waals surface area contributed by atoms with Gasteiger partial charge in [-0.15, -0.1) is 6.42 Å². The van der Waals surface area contributed by atoms with Crippen LogP contribution in [0.25, 0.3) is 0 Å². The van der Waals surface area contributed by atoms with E-state index in [0.29, 0.717) is 11.1 Å². The number of ether oxygens (including phenoxy) is 1. The van der Waals surface area contributed by atoms with Crippen molar-refractivity contribution in [2.45, 2.75) is 11.8 Å². The molecule has 0 fully saturated rings. The van der Waals surface area contributed by atoms with E-state index in [1.807, 2.05) is 0 Å². The van der Waals surface area contributed by atoms with E-state index in [1.54, 1.807) is 6.92 Å². The van der Waals surface area contributed by atoms with Crippen LogP contribution in [0.2, 0.25) is 0 Å². The van der Waals surface area contributed by atoms with Crippen LogP contribution in [-0.2, 0) is 14.6 Å². The van der Waals surface area contributed by atoms with E-state index >= 15 is 0 Å². The molecule has 0 amide bonds. The van der Waals surface area contributed by atoms with Crippen molar-refractivity contribution in [2.24, 2.45) is 0 Å². The molecule has 0 aliphatic rings. The van der Waals surface area contributed by atoms with Gasteiger partial charge in [0, 0.05) is 11.8 Å². The third kappa shape index (κ3) is 2.66.